The van der Waals surface area contributed by atoms with Crippen molar-refractivity contribution in [2.24, 2.45) is 0 Å². The van der Waals surface area contributed by atoms with Crippen molar-refractivity contribution in [2.45, 2.75) is 13.5 Å². The molecule has 1 rings (SSSR count). The highest BCUT2D eigenvalue weighted by Crippen LogP contribution is 1.83. The van der Waals surface area contributed by atoms with Gasteiger partial charge in [0, 0.05) is 25.5 Å². The average Bonchev–Trinajstić information content (AvgIpc) is 2.80. The molecule has 0 saturated carbocycles. The van der Waals surface area contributed by atoms with Gasteiger partial charge in [-0.25, -0.2) is 9.78 Å². The van der Waals surface area contributed by atoms with E-state index >= 15 is 0 Å². The van der Waals surface area contributed by atoms with Gasteiger partial charge in [0.15, 0.2) is 0 Å². The fraction of sp³-hybridized carbons (Fsp3) is 0.500. The first-order valence-electron chi connectivity index (χ1n) is 5.35. The Balaban J connectivity index is 2.07. The summed E-state index contributed by atoms with van der Waals surface area (Å²) in [5.41, 5.74) is 0. The van der Waals surface area contributed by atoms with Crippen molar-refractivity contribution in [2.75, 3.05) is 19.7 Å². The summed E-state index contributed by atoms with van der Waals surface area (Å²) in [5.74, 6) is -0.447. The third-order valence-corrected chi connectivity index (χ3v) is 1.91. The van der Waals surface area contributed by atoms with Gasteiger partial charge in [-0.1, -0.05) is 0 Å². The van der Waals surface area contributed by atoms with E-state index in [1.807, 2.05) is 4.57 Å². The van der Waals surface area contributed by atoms with Crippen LogP contribution in [0.2, 0.25) is 0 Å². The number of imidazole rings is 1. The predicted molar refractivity (Wildman–Crippen MR) is 60.3 cm³/mol. The molecule has 1 aromatic rings. The summed E-state index contributed by atoms with van der Waals surface area (Å²) in [6.45, 7) is 2.99. The fourth-order valence-corrected chi connectivity index (χ4v) is 1.14. The third-order valence-electron chi connectivity index (χ3n) is 1.91. The Morgan fingerprint density at radius 1 is 1.41 bits per heavy atom. The standard InChI is InChI=1S/C10H16N4O3/c1-2-17-9(15)7-13-10(16)12-4-6-14-5-3-11-8-14/h3,5,8H,2,4,6-7H2,1H3,(H2,12,13,16). The Bertz CT molecular complexity index is 350. The summed E-state index contributed by atoms with van der Waals surface area (Å²) in [6.07, 6.45) is 5.14. The van der Waals surface area contributed by atoms with Crippen LogP contribution in [0.1, 0.15) is 6.92 Å². The molecule has 7 heteroatoms. The SMILES string of the molecule is CCOC(=O)CNC(=O)NCCn1ccnc1. The van der Waals surface area contributed by atoms with Gasteiger partial charge in [0.05, 0.1) is 12.9 Å². The first-order chi connectivity index (χ1) is 8.22. The van der Waals surface area contributed by atoms with Crippen LogP contribution in [0.25, 0.3) is 0 Å². The van der Waals surface area contributed by atoms with E-state index in [-0.39, 0.29) is 6.54 Å². The zero-order chi connectivity index (χ0) is 12.5. The lowest BCUT2D eigenvalue weighted by molar-refractivity contribution is -0.141. The lowest BCUT2D eigenvalue weighted by Crippen LogP contribution is -2.40. The van der Waals surface area contributed by atoms with Crippen molar-refractivity contribution >= 4 is 12.0 Å². The van der Waals surface area contributed by atoms with E-state index in [9.17, 15) is 9.59 Å². The predicted octanol–water partition coefficient (Wildman–Crippen LogP) is -0.255. The third kappa shape index (κ3) is 5.55. The molecule has 94 valence electrons. The number of aromatic nitrogens is 2. The van der Waals surface area contributed by atoms with Gasteiger partial charge in [-0.15, -0.1) is 0 Å². The van der Waals surface area contributed by atoms with Gasteiger partial charge in [-0.2, -0.15) is 0 Å². The van der Waals surface area contributed by atoms with E-state index in [4.69, 9.17) is 0 Å². The van der Waals surface area contributed by atoms with Crippen molar-refractivity contribution in [1.29, 1.82) is 0 Å². The Morgan fingerprint density at radius 3 is 2.88 bits per heavy atom. The zero-order valence-electron chi connectivity index (χ0n) is 9.68. The largest absolute Gasteiger partial charge is 0.465 e. The smallest absolute Gasteiger partial charge is 0.325 e. The van der Waals surface area contributed by atoms with E-state index in [0.717, 1.165) is 0 Å². The van der Waals surface area contributed by atoms with E-state index in [0.29, 0.717) is 19.7 Å². The van der Waals surface area contributed by atoms with Gasteiger partial charge in [0.1, 0.15) is 6.54 Å². The second kappa shape index (κ2) is 7.26. The second-order valence-corrected chi connectivity index (χ2v) is 3.21. The Hall–Kier alpha value is -2.05. The van der Waals surface area contributed by atoms with Crippen molar-refractivity contribution in [1.82, 2.24) is 20.2 Å². The van der Waals surface area contributed by atoms with Crippen LogP contribution in [-0.2, 0) is 16.1 Å². The topological polar surface area (TPSA) is 85.2 Å². The molecule has 0 unspecified atom stereocenters. The van der Waals surface area contributed by atoms with Crippen LogP contribution >= 0.6 is 0 Å². The number of carbonyl (C=O) groups excluding carboxylic acids is 2. The summed E-state index contributed by atoms with van der Waals surface area (Å²) < 4.78 is 6.50. The number of hydrogen-bond donors (Lipinski definition) is 2. The quantitative estimate of drug-likeness (QED) is 0.671. The molecule has 17 heavy (non-hydrogen) atoms. The summed E-state index contributed by atoms with van der Waals surface area (Å²) in [4.78, 5) is 26.0. The molecule has 0 bridgehead atoms. The average molecular weight is 240 g/mol. The van der Waals surface area contributed by atoms with Crippen LogP contribution in [0.15, 0.2) is 18.7 Å². The van der Waals surface area contributed by atoms with Crippen molar-refractivity contribution in [3.63, 3.8) is 0 Å². The molecule has 1 heterocycles. The molecular weight excluding hydrogens is 224 g/mol. The lowest BCUT2D eigenvalue weighted by Gasteiger charge is -2.07. The highest BCUT2D eigenvalue weighted by molar-refractivity contribution is 5.80. The van der Waals surface area contributed by atoms with Crippen LogP contribution in [0.3, 0.4) is 0 Å². The van der Waals surface area contributed by atoms with Gasteiger partial charge >= 0.3 is 12.0 Å². The maximum absolute atomic E-state index is 11.2. The summed E-state index contributed by atoms with van der Waals surface area (Å²) in [7, 11) is 0. The molecule has 0 spiro atoms. The first-order valence-corrected chi connectivity index (χ1v) is 5.35. The van der Waals surface area contributed by atoms with E-state index in [1.165, 1.54) is 0 Å². The molecule has 0 aliphatic rings. The Labute approximate surface area is 99.2 Å². The molecule has 0 radical (unpaired) electrons. The lowest BCUT2D eigenvalue weighted by atomic mass is 10.6. The second-order valence-electron chi connectivity index (χ2n) is 3.21. The number of ether oxygens (including phenoxy) is 1. The van der Waals surface area contributed by atoms with Gasteiger partial charge in [-0.3, -0.25) is 4.79 Å². The molecular formula is C10H16N4O3. The maximum Gasteiger partial charge on any atom is 0.325 e. The number of rotatable bonds is 6. The molecule has 2 N–H and O–H groups in total. The number of amides is 2. The molecule has 0 aliphatic carbocycles. The molecule has 0 atom stereocenters. The zero-order valence-corrected chi connectivity index (χ0v) is 9.68. The minimum Gasteiger partial charge on any atom is -0.465 e. The summed E-state index contributed by atoms with van der Waals surface area (Å²) in [6, 6.07) is -0.391. The van der Waals surface area contributed by atoms with Crippen LogP contribution in [0.4, 0.5) is 4.79 Å². The monoisotopic (exact) mass is 240 g/mol. The molecule has 0 aliphatic heterocycles. The van der Waals surface area contributed by atoms with Crippen LogP contribution in [0.5, 0.6) is 0 Å². The van der Waals surface area contributed by atoms with Crippen molar-refractivity contribution in [3.8, 4) is 0 Å². The minimum atomic E-state index is -0.447. The van der Waals surface area contributed by atoms with Crippen molar-refractivity contribution in [3.05, 3.63) is 18.7 Å². The highest BCUT2D eigenvalue weighted by Gasteiger charge is 2.04. The van der Waals surface area contributed by atoms with Gasteiger partial charge in [-0.05, 0) is 6.92 Å². The number of carbonyl (C=O) groups is 2. The molecule has 0 aromatic carbocycles. The molecule has 0 fully saturated rings. The number of nitrogens with one attached hydrogen (secondary N) is 2. The van der Waals surface area contributed by atoms with Crippen LogP contribution in [0, 0.1) is 0 Å². The van der Waals surface area contributed by atoms with Gasteiger partial charge < -0.3 is 19.9 Å². The van der Waals surface area contributed by atoms with Crippen molar-refractivity contribution < 1.29 is 14.3 Å². The van der Waals surface area contributed by atoms with Gasteiger partial charge in [0.25, 0.3) is 0 Å². The molecule has 7 nitrogen and oxygen atoms in total. The van der Waals surface area contributed by atoms with E-state index < -0.39 is 12.0 Å². The Kier molecular flexibility index (Phi) is 5.56. The summed E-state index contributed by atoms with van der Waals surface area (Å²) >= 11 is 0. The van der Waals surface area contributed by atoms with E-state index in [1.54, 1.807) is 25.6 Å². The number of urea groups is 1. The number of esters is 1. The van der Waals surface area contributed by atoms with Gasteiger partial charge in [0.2, 0.25) is 0 Å². The molecule has 0 saturated heterocycles. The number of nitrogens with zero attached hydrogens (tertiary/aromatic N) is 2. The minimum absolute atomic E-state index is 0.120. The first kappa shape index (κ1) is 13.0. The number of hydrogen-bond acceptors (Lipinski definition) is 4. The Morgan fingerprint density at radius 2 is 2.24 bits per heavy atom. The molecule has 1 aromatic heterocycles. The molecule has 2 amide bonds. The summed E-state index contributed by atoms with van der Waals surface area (Å²) in [5, 5.41) is 5.01. The van der Waals surface area contributed by atoms with Crippen LogP contribution < -0.4 is 10.6 Å². The fourth-order valence-electron chi connectivity index (χ4n) is 1.14. The highest BCUT2D eigenvalue weighted by atomic mass is 16.5. The van der Waals surface area contributed by atoms with Crippen LogP contribution in [-0.4, -0.2) is 41.2 Å². The maximum atomic E-state index is 11.2. The normalized spacial score (nSPS) is 9.71. The van der Waals surface area contributed by atoms with E-state index in [2.05, 4.69) is 20.4 Å².